The van der Waals surface area contributed by atoms with Gasteiger partial charge in [-0.05, 0) is 19.8 Å². The van der Waals surface area contributed by atoms with Crippen LogP contribution >= 0.6 is 0 Å². The largest absolute Gasteiger partial charge is 0.459 e. The molecule has 1 aliphatic carbocycles. The van der Waals surface area contributed by atoms with Crippen LogP contribution in [0, 0.1) is 5.92 Å². The van der Waals surface area contributed by atoms with Crippen LogP contribution in [-0.2, 0) is 9.47 Å². The van der Waals surface area contributed by atoms with Crippen LogP contribution in [0.1, 0.15) is 19.8 Å². The molecule has 1 saturated carbocycles. The SMILES string of the molecule is CC1=COC(C2CC2)O1. The van der Waals surface area contributed by atoms with Crippen molar-refractivity contribution in [1.29, 1.82) is 0 Å². The van der Waals surface area contributed by atoms with E-state index in [0.29, 0.717) is 5.92 Å². The third kappa shape index (κ3) is 0.889. The zero-order valence-electron chi connectivity index (χ0n) is 5.46. The van der Waals surface area contributed by atoms with Crippen LogP contribution in [0.25, 0.3) is 0 Å². The third-order valence-electron chi connectivity index (χ3n) is 1.68. The van der Waals surface area contributed by atoms with Gasteiger partial charge in [-0.1, -0.05) is 0 Å². The molecule has 2 aliphatic rings. The molecule has 1 atom stereocenters. The lowest BCUT2D eigenvalue weighted by atomic mass is 10.4. The zero-order chi connectivity index (χ0) is 6.27. The maximum atomic E-state index is 5.32. The highest BCUT2D eigenvalue weighted by Crippen LogP contribution is 2.37. The van der Waals surface area contributed by atoms with Gasteiger partial charge in [-0.15, -0.1) is 0 Å². The van der Waals surface area contributed by atoms with Gasteiger partial charge in [0.1, 0.15) is 12.0 Å². The van der Waals surface area contributed by atoms with E-state index >= 15 is 0 Å². The molecule has 2 heteroatoms. The Balaban J connectivity index is 1.91. The van der Waals surface area contributed by atoms with Crippen LogP contribution < -0.4 is 0 Å². The number of ether oxygens (including phenoxy) is 2. The molecule has 2 rings (SSSR count). The lowest BCUT2D eigenvalue weighted by Gasteiger charge is -2.07. The fraction of sp³-hybridized carbons (Fsp3) is 0.714. The molecule has 2 nitrogen and oxygen atoms in total. The lowest BCUT2D eigenvalue weighted by Crippen LogP contribution is -2.09. The van der Waals surface area contributed by atoms with Crippen molar-refractivity contribution in [1.82, 2.24) is 0 Å². The molecule has 0 N–H and O–H groups in total. The average molecular weight is 126 g/mol. The highest BCUT2D eigenvalue weighted by molar-refractivity contribution is 4.91. The number of hydrogen-bond donors (Lipinski definition) is 0. The Morgan fingerprint density at radius 3 is 2.78 bits per heavy atom. The Hall–Kier alpha value is -0.660. The minimum atomic E-state index is 0.0602. The van der Waals surface area contributed by atoms with E-state index in [9.17, 15) is 0 Å². The van der Waals surface area contributed by atoms with E-state index < -0.39 is 0 Å². The van der Waals surface area contributed by atoms with Gasteiger partial charge in [0.25, 0.3) is 0 Å². The topological polar surface area (TPSA) is 18.5 Å². The normalized spacial score (nSPS) is 33.0. The molecule has 1 fully saturated rings. The second kappa shape index (κ2) is 1.66. The molecule has 0 spiro atoms. The van der Waals surface area contributed by atoms with Gasteiger partial charge >= 0.3 is 0 Å². The van der Waals surface area contributed by atoms with E-state index in [4.69, 9.17) is 9.47 Å². The van der Waals surface area contributed by atoms with Gasteiger partial charge in [0.05, 0.1) is 0 Å². The summed E-state index contributed by atoms with van der Waals surface area (Å²) in [5.74, 6) is 1.59. The van der Waals surface area contributed by atoms with Crippen molar-refractivity contribution in [3.8, 4) is 0 Å². The van der Waals surface area contributed by atoms with Gasteiger partial charge in [-0.3, -0.25) is 0 Å². The Kier molecular flexibility index (Phi) is 0.949. The molecule has 0 aromatic heterocycles. The molecule has 0 amide bonds. The first kappa shape index (κ1) is 5.15. The molecule has 0 radical (unpaired) electrons. The van der Waals surface area contributed by atoms with Gasteiger partial charge in [-0.25, -0.2) is 0 Å². The number of hydrogen-bond acceptors (Lipinski definition) is 2. The van der Waals surface area contributed by atoms with Crippen LogP contribution in [0.15, 0.2) is 12.0 Å². The van der Waals surface area contributed by atoms with Gasteiger partial charge in [0.15, 0.2) is 0 Å². The number of allylic oxidation sites excluding steroid dienone is 1. The summed E-state index contributed by atoms with van der Waals surface area (Å²) < 4.78 is 10.5. The summed E-state index contributed by atoms with van der Waals surface area (Å²) in [6.07, 6.45) is 4.30. The molecule has 9 heavy (non-hydrogen) atoms. The second-order valence-electron chi connectivity index (χ2n) is 2.69. The molecular formula is C7H10O2. The standard InChI is InChI=1S/C7H10O2/c1-5-4-8-7(9-5)6-2-3-6/h4,6-7H,2-3H2,1H3. The van der Waals surface area contributed by atoms with E-state index in [2.05, 4.69) is 0 Å². The van der Waals surface area contributed by atoms with E-state index in [0.717, 1.165) is 5.76 Å². The first-order chi connectivity index (χ1) is 4.36. The molecule has 50 valence electrons. The minimum absolute atomic E-state index is 0.0602. The first-order valence-corrected chi connectivity index (χ1v) is 3.35. The van der Waals surface area contributed by atoms with Crippen LogP contribution in [0.5, 0.6) is 0 Å². The van der Waals surface area contributed by atoms with Gasteiger partial charge in [0, 0.05) is 5.92 Å². The third-order valence-corrected chi connectivity index (χ3v) is 1.68. The van der Waals surface area contributed by atoms with E-state index in [1.54, 1.807) is 6.26 Å². The van der Waals surface area contributed by atoms with Crippen molar-refractivity contribution < 1.29 is 9.47 Å². The summed E-state index contributed by atoms with van der Waals surface area (Å²) in [5, 5.41) is 0. The van der Waals surface area contributed by atoms with Crippen molar-refractivity contribution in [2.45, 2.75) is 26.1 Å². The summed E-state index contributed by atoms with van der Waals surface area (Å²) in [4.78, 5) is 0. The molecule has 1 unspecified atom stereocenters. The lowest BCUT2D eigenvalue weighted by molar-refractivity contribution is -0.0469. The van der Waals surface area contributed by atoms with Crippen LogP contribution in [0.4, 0.5) is 0 Å². The molecule has 0 aromatic rings. The van der Waals surface area contributed by atoms with Crippen LogP contribution in [0.2, 0.25) is 0 Å². The van der Waals surface area contributed by atoms with Crippen LogP contribution in [0.3, 0.4) is 0 Å². The van der Waals surface area contributed by atoms with Crippen molar-refractivity contribution in [2.75, 3.05) is 0 Å². The molecule has 1 heterocycles. The highest BCUT2D eigenvalue weighted by Gasteiger charge is 2.36. The van der Waals surface area contributed by atoms with Crippen molar-refractivity contribution in [3.05, 3.63) is 12.0 Å². The van der Waals surface area contributed by atoms with E-state index in [-0.39, 0.29) is 6.29 Å². The molecular weight excluding hydrogens is 116 g/mol. The first-order valence-electron chi connectivity index (χ1n) is 3.35. The van der Waals surface area contributed by atoms with Gasteiger partial charge in [-0.2, -0.15) is 0 Å². The van der Waals surface area contributed by atoms with Crippen molar-refractivity contribution in [2.24, 2.45) is 5.92 Å². The van der Waals surface area contributed by atoms with Crippen molar-refractivity contribution >= 4 is 0 Å². The Bertz CT molecular complexity index is 147. The smallest absolute Gasteiger partial charge is 0.242 e. The average Bonchev–Trinajstić information content (AvgIpc) is 2.58. The van der Waals surface area contributed by atoms with E-state index in [1.165, 1.54) is 12.8 Å². The Morgan fingerprint density at radius 2 is 2.33 bits per heavy atom. The van der Waals surface area contributed by atoms with E-state index in [1.807, 2.05) is 6.92 Å². The monoisotopic (exact) mass is 126 g/mol. The Labute approximate surface area is 54.5 Å². The quantitative estimate of drug-likeness (QED) is 0.531. The predicted octanol–water partition coefficient (Wildman–Crippen LogP) is 1.63. The van der Waals surface area contributed by atoms with Gasteiger partial charge in [0.2, 0.25) is 6.29 Å². The predicted molar refractivity (Wildman–Crippen MR) is 32.4 cm³/mol. The number of rotatable bonds is 1. The summed E-state index contributed by atoms with van der Waals surface area (Å²) in [7, 11) is 0. The zero-order valence-corrected chi connectivity index (χ0v) is 5.46. The van der Waals surface area contributed by atoms with Crippen molar-refractivity contribution in [3.63, 3.8) is 0 Å². The maximum absolute atomic E-state index is 5.32. The summed E-state index contributed by atoms with van der Waals surface area (Å²) in [5.41, 5.74) is 0. The maximum Gasteiger partial charge on any atom is 0.242 e. The molecule has 0 aromatic carbocycles. The van der Waals surface area contributed by atoms with Crippen LogP contribution in [-0.4, -0.2) is 6.29 Å². The second-order valence-corrected chi connectivity index (χ2v) is 2.69. The van der Waals surface area contributed by atoms with Gasteiger partial charge < -0.3 is 9.47 Å². The fourth-order valence-corrected chi connectivity index (χ4v) is 0.977. The molecule has 1 aliphatic heterocycles. The highest BCUT2D eigenvalue weighted by atomic mass is 16.7. The summed E-state index contributed by atoms with van der Waals surface area (Å²) in [6.45, 7) is 1.92. The summed E-state index contributed by atoms with van der Waals surface area (Å²) >= 11 is 0. The Morgan fingerprint density at radius 1 is 1.56 bits per heavy atom. The molecule has 0 bridgehead atoms. The minimum Gasteiger partial charge on any atom is -0.459 e. The summed E-state index contributed by atoms with van der Waals surface area (Å²) in [6, 6.07) is 0. The molecule has 0 saturated heterocycles. The fourth-order valence-electron chi connectivity index (χ4n) is 0.977.